The van der Waals surface area contributed by atoms with Crippen LogP contribution in [0.5, 0.6) is 5.75 Å². The van der Waals surface area contributed by atoms with Gasteiger partial charge in [-0.25, -0.2) is 9.79 Å². The van der Waals surface area contributed by atoms with E-state index in [2.05, 4.69) is 10.3 Å². The molecule has 0 aromatic heterocycles. The van der Waals surface area contributed by atoms with Crippen LogP contribution in [0, 0.1) is 5.92 Å². The monoisotopic (exact) mass is 358 g/mol. The highest BCUT2D eigenvalue weighted by Crippen LogP contribution is 2.31. The lowest BCUT2D eigenvalue weighted by Crippen LogP contribution is -2.44. The second kappa shape index (κ2) is 7.89. The first kappa shape index (κ1) is 18.4. The Morgan fingerprint density at radius 2 is 1.85 bits per heavy atom. The van der Waals surface area contributed by atoms with Gasteiger partial charge in [-0.1, -0.05) is 12.1 Å². The summed E-state index contributed by atoms with van der Waals surface area (Å²) < 4.78 is 11.3. The van der Waals surface area contributed by atoms with E-state index >= 15 is 0 Å². The Morgan fingerprint density at radius 3 is 2.46 bits per heavy atom. The van der Waals surface area contributed by atoms with Crippen LogP contribution in [0.1, 0.15) is 58.1 Å². The molecule has 2 unspecified atom stereocenters. The Balaban J connectivity index is 1.81. The molecule has 6 nitrogen and oxygen atoms in total. The average molecular weight is 358 g/mol. The van der Waals surface area contributed by atoms with Crippen LogP contribution in [0.2, 0.25) is 0 Å². The van der Waals surface area contributed by atoms with Crippen LogP contribution in [0.15, 0.2) is 29.3 Å². The number of nitrogens with one attached hydrogen (secondary N) is 1. The SMILES string of the molecule is CC1=NC(=O)NC(c2ccc(OC(C)C)cc2)C1C(=O)OC1CCCC1. The van der Waals surface area contributed by atoms with Crippen molar-refractivity contribution in [2.45, 2.75) is 64.7 Å². The van der Waals surface area contributed by atoms with E-state index in [9.17, 15) is 9.59 Å². The molecule has 1 fully saturated rings. The molecule has 2 aliphatic rings. The molecule has 3 rings (SSSR count). The zero-order valence-corrected chi connectivity index (χ0v) is 15.5. The molecule has 0 bridgehead atoms. The first-order chi connectivity index (χ1) is 12.4. The maximum atomic E-state index is 12.8. The van der Waals surface area contributed by atoms with Crippen LogP contribution in [0.4, 0.5) is 4.79 Å². The van der Waals surface area contributed by atoms with Crippen LogP contribution in [0.25, 0.3) is 0 Å². The van der Waals surface area contributed by atoms with E-state index in [1.807, 2.05) is 38.1 Å². The molecule has 1 aliphatic heterocycles. The Kier molecular flexibility index (Phi) is 5.59. The third-order valence-corrected chi connectivity index (χ3v) is 4.79. The number of urea groups is 1. The van der Waals surface area contributed by atoms with Gasteiger partial charge in [-0.3, -0.25) is 4.79 Å². The molecule has 1 aromatic rings. The number of rotatable bonds is 5. The fourth-order valence-corrected chi connectivity index (χ4v) is 3.57. The van der Waals surface area contributed by atoms with Gasteiger partial charge >= 0.3 is 12.0 Å². The maximum Gasteiger partial charge on any atom is 0.341 e. The Hall–Kier alpha value is -2.37. The van der Waals surface area contributed by atoms with Gasteiger partial charge in [0.15, 0.2) is 0 Å². The highest BCUT2D eigenvalue weighted by molar-refractivity contribution is 6.08. The fourth-order valence-electron chi connectivity index (χ4n) is 3.57. The number of carbonyl (C=O) groups is 2. The summed E-state index contributed by atoms with van der Waals surface area (Å²) in [5.41, 5.74) is 1.32. The smallest absolute Gasteiger partial charge is 0.341 e. The van der Waals surface area contributed by atoms with Crippen molar-refractivity contribution in [1.29, 1.82) is 0 Å². The first-order valence-corrected chi connectivity index (χ1v) is 9.27. The lowest BCUT2D eigenvalue weighted by atomic mass is 9.88. The summed E-state index contributed by atoms with van der Waals surface area (Å²) in [6, 6.07) is 6.53. The molecule has 6 heteroatoms. The second-order valence-electron chi connectivity index (χ2n) is 7.24. The normalized spacial score (nSPS) is 23.5. The van der Waals surface area contributed by atoms with E-state index in [1.54, 1.807) is 6.92 Å². The van der Waals surface area contributed by atoms with Crippen molar-refractivity contribution in [1.82, 2.24) is 5.32 Å². The van der Waals surface area contributed by atoms with Crippen molar-refractivity contribution in [3.05, 3.63) is 29.8 Å². The number of nitrogens with zero attached hydrogens (tertiary/aromatic N) is 1. The minimum absolute atomic E-state index is 0.0182. The molecule has 2 amide bonds. The van der Waals surface area contributed by atoms with Crippen molar-refractivity contribution < 1.29 is 19.1 Å². The molecule has 140 valence electrons. The van der Waals surface area contributed by atoms with E-state index in [4.69, 9.17) is 9.47 Å². The second-order valence-corrected chi connectivity index (χ2v) is 7.24. The largest absolute Gasteiger partial charge is 0.491 e. The molecule has 2 atom stereocenters. The van der Waals surface area contributed by atoms with Gasteiger partial charge in [0.25, 0.3) is 0 Å². The van der Waals surface area contributed by atoms with Gasteiger partial charge in [-0.05, 0) is 64.2 Å². The Bertz CT molecular complexity index is 690. The molecule has 1 aliphatic carbocycles. The molecule has 0 radical (unpaired) electrons. The minimum Gasteiger partial charge on any atom is -0.491 e. The Morgan fingerprint density at radius 1 is 1.19 bits per heavy atom. The van der Waals surface area contributed by atoms with Gasteiger partial charge in [0.2, 0.25) is 0 Å². The summed E-state index contributed by atoms with van der Waals surface area (Å²) in [6.45, 7) is 5.64. The average Bonchev–Trinajstić information content (AvgIpc) is 3.07. The number of benzene rings is 1. The third-order valence-electron chi connectivity index (χ3n) is 4.79. The van der Waals surface area contributed by atoms with Crippen molar-refractivity contribution in [2.75, 3.05) is 0 Å². The number of esters is 1. The Labute approximate surface area is 154 Å². The lowest BCUT2D eigenvalue weighted by Gasteiger charge is -2.30. The van der Waals surface area contributed by atoms with Crippen LogP contribution in [0.3, 0.4) is 0 Å². The van der Waals surface area contributed by atoms with Crippen molar-refractivity contribution >= 4 is 17.7 Å². The number of hydrogen-bond donors (Lipinski definition) is 1. The van der Waals surface area contributed by atoms with Gasteiger partial charge in [0.1, 0.15) is 17.8 Å². The van der Waals surface area contributed by atoms with Gasteiger partial charge < -0.3 is 14.8 Å². The van der Waals surface area contributed by atoms with Crippen molar-refractivity contribution in [3.8, 4) is 5.75 Å². The molecule has 1 saturated carbocycles. The first-order valence-electron chi connectivity index (χ1n) is 9.27. The van der Waals surface area contributed by atoms with Crippen LogP contribution < -0.4 is 10.1 Å². The topological polar surface area (TPSA) is 77.0 Å². The van der Waals surface area contributed by atoms with Crippen LogP contribution in [-0.2, 0) is 9.53 Å². The summed E-state index contributed by atoms with van der Waals surface area (Å²) in [5, 5.41) is 2.81. The van der Waals surface area contributed by atoms with Gasteiger partial charge in [0, 0.05) is 5.71 Å². The summed E-state index contributed by atoms with van der Waals surface area (Å²) in [4.78, 5) is 28.6. The predicted molar refractivity (Wildman–Crippen MR) is 98.4 cm³/mol. The highest BCUT2D eigenvalue weighted by atomic mass is 16.5. The molecule has 1 heterocycles. The van der Waals surface area contributed by atoms with E-state index in [0.29, 0.717) is 5.71 Å². The molecular formula is C20H26N2O4. The summed E-state index contributed by atoms with van der Waals surface area (Å²) in [5.74, 6) is -0.169. The van der Waals surface area contributed by atoms with Crippen LogP contribution >= 0.6 is 0 Å². The summed E-state index contributed by atoms with van der Waals surface area (Å²) in [7, 11) is 0. The maximum absolute atomic E-state index is 12.8. The quantitative estimate of drug-likeness (QED) is 0.812. The number of carbonyl (C=O) groups excluding carboxylic acids is 2. The van der Waals surface area contributed by atoms with E-state index in [-0.39, 0.29) is 18.2 Å². The van der Waals surface area contributed by atoms with E-state index in [0.717, 1.165) is 37.0 Å². The fraction of sp³-hybridized carbons (Fsp3) is 0.550. The highest BCUT2D eigenvalue weighted by Gasteiger charge is 2.39. The summed E-state index contributed by atoms with van der Waals surface area (Å²) in [6.07, 6.45) is 4.06. The minimum atomic E-state index is -0.606. The van der Waals surface area contributed by atoms with Crippen molar-refractivity contribution in [2.24, 2.45) is 10.9 Å². The molecular weight excluding hydrogens is 332 g/mol. The standard InChI is InChI=1S/C20H26N2O4/c1-12(2)25-16-10-8-14(9-11-16)18-17(13(3)21-20(24)22-18)19(23)26-15-6-4-5-7-15/h8-12,15,17-18H,4-7H2,1-3H3,(H,22,24). The lowest BCUT2D eigenvalue weighted by molar-refractivity contribution is -0.152. The molecule has 26 heavy (non-hydrogen) atoms. The zero-order valence-electron chi connectivity index (χ0n) is 15.5. The van der Waals surface area contributed by atoms with Gasteiger partial charge in [-0.2, -0.15) is 0 Å². The van der Waals surface area contributed by atoms with E-state index in [1.165, 1.54) is 0 Å². The molecule has 0 spiro atoms. The molecule has 1 aromatic carbocycles. The number of ether oxygens (including phenoxy) is 2. The molecule has 1 N–H and O–H groups in total. The number of hydrogen-bond acceptors (Lipinski definition) is 4. The predicted octanol–water partition coefficient (Wildman–Crippen LogP) is 3.80. The zero-order chi connectivity index (χ0) is 18.7. The number of aliphatic imine (C=N–C) groups is 1. The van der Waals surface area contributed by atoms with Crippen LogP contribution in [-0.4, -0.2) is 29.9 Å². The van der Waals surface area contributed by atoms with E-state index < -0.39 is 18.0 Å². The number of amides is 2. The third kappa shape index (κ3) is 4.23. The van der Waals surface area contributed by atoms with Gasteiger partial charge in [0.05, 0.1) is 12.1 Å². The molecule has 0 saturated heterocycles. The summed E-state index contributed by atoms with van der Waals surface area (Å²) >= 11 is 0. The van der Waals surface area contributed by atoms with Crippen molar-refractivity contribution in [3.63, 3.8) is 0 Å². The van der Waals surface area contributed by atoms with Gasteiger partial charge in [-0.15, -0.1) is 0 Å².